The van der Waals surface area contributed by atoms with E-state index in [1.807, 2.05) is 0 Å². The van der Waals surface area contributed by atoms with E-state index in [1.165, 1.54) is 19.1 Å². The largest absolute Gasteiger partial charge is 0.482 e. The Balaban J connectivity index is 3.04. The van der Waals surface area contributed by atoms with E-state index in [4.69, 9.17) is 14.4 Å². The minimum Gasteiger partial charge on any atom is -0.482 e. The van der Waals surface area contributed by atoms with Gasteiger partial charge in [-0.05, 0) is 18.6 Å². The van der Waals surface area contributed by atoms with E-state index in [0.717, 1.165) is 6.07 Å². The maximum atomic E-state index is 10.9. The summed E-state index contributed by atoms with van der Waals surface area (Å²) in [6.07, 6.45) is 0. The van der Waals surface area contributed by atoms with Crippen molar-refractivity contribution < 1.29 is 27.6 Å². The Morgan fingerprint density at radius 3 is 2.56 bits per heavy atom. The van der Waals surface area contributed by atoms with Crippen molar-refractivity contribution in [2.24, 2.45) is 0 Å². The molecule has 0 bridgehead atoms. The van der Waals surface area contributed by atoms with Gasteiger partial charge in [0.05, 0.1) is 0 Å². The lowest BCUT2D eigenvalue weighted by Gasteiger charge is -2.06. The summed E-state index contributed by atoms with van der Waals surface area (Å²) >= 11 is 0. The molecule has 0 atom stereocenters. The van der Waals surface area contributed by atoms with Gasteiger partial charge in [-0.2, -0.15) is 8.42 Å². The molecule has 0 fully saturated rings. The summed E-state index contributed by atoms with van der Waals surface area (Å²) in [7, 11) is -4.32. The molecule has 6 nitrogen and oxygen atoms in total. The first-order valence-electron chi connectivity index (χ1n) is 4.23. The van der Waals surface area contributed by atoms with Gasteiger partial charge in [0.15, 0.2) is 6.61 Å². The molecule has 0 amide bonds. The van der Waals surface area contributed by atoms with Gasteiger partial charge in [-0.1, -0.05) is 6.07 Å². The van der Waals surface area contributed by atoms with Crippen LogP contribution in [0.2, 0.25) is 0 Å². The van der Waals surface area contributed by atoms with Gasteiger partial charge in [-0.15, -0.1) is 0 Å². The third-order valence-electron chi connectivity index (χ3n) is 1.80. The molecule has 0 radical (unpaired) electrons. The van der Waals surface area contributed by atoms with Crippen LogP contribution in [0.25, 0.3) is 0 Å². The van der Waals surface area contributed by atoms with Gasteiger partial charge in [-0.25, -0.2) is 4.79 Å². The first-order valence-corrected chi connectivity index (χ1v) is 5.67. The van der Waals surface area contributed by atoms with E-state index in [0.29, 0.717) is 5.56 Å². The normalized spacial score (nSPS) is 11.1. The van der Waals surface area contributed by atoms with E-state index in [9.17, 15) is 13.2 Å². The molecule has 88 valence electrons. The second-order valence-corrected chi connectivity index (χ2v) is 4.47. The quantitative estimate of drug-likeness (QED) is 0.758. The number of carbonyl (C=O) groups is 1. The van der Waals surface area contributed by atoms with Gasteiger partial charge in [0.2, 0.25) is 0 Å². The second-order valence-electron chi connectivity index (χ2n) is 3.08. The molecule has 0 aliphatic heterocycles. The highest BCUT2D eigenvalue weighted by molar-refractivity contribution is 7.85. The lowest BCUT2D eigenvalue weighted by atomic mass is 10.2. The van der Waals surface area contributed by atoms with Gasteiger partial charge in [0, 0.05) is 6.07 Å². The molecule has 0 aromatic heterocycles. The summed E-state index contributed by atoms with van der Waals surface area (Å²) in [5.41, 5.74) is 0.352. The number of ether oxygens (including phenoxy) is 1. The molecule has 1 aromatic carbocycles. The van der Waals surface area contributed by atoms with Crippen LogP contribution in [0.1, 0.15) is 5.56 Å². The van der Waals surface area contributed by atoms with Crippen molar-refractivity contribution in [2.45, 2.75) is 11.8 Å². The van der Waals surface area contributed by atoms with Gasteiger partial charge in [0.1, 0.15) is 10.6 Å². The Bertz CT molecular complexity index is 505. The van der Waals surface area contributed by atoms with Gasteiger partial charge >= 0.3 is 5.97 Å². The molecule has 0 saturated heterocycles. The number of hydrogen-bond donors (Lipinski definition) is 2. The minimum atomic E-state index is -4.32. The van der Waals surface area contributed by atoms with E-state index in [-0.39, 0.29) is 10.6 Å². The molecule has 0 aliphatic rings. The summed E-state index contributed by atoms with van der Waals surface area (Å²) in [5, 5.41) is 8.37. The highest BCUT2D eigenvalue weighted by Gasteiger charge is 2.14. The van der Waals surface area contributed by atoms with Crippen LogP contribution in [0.3, 0.4) is 0 Å². The predicted molar refractivity (Wildman–Crippen MR) is 54.1 cm³/mol. The maximum absolute atomic E-state index is 10.9. The van der Waals surface area contributed by atoms with Crippen molar-refractivity contribution in [3.63, 3.8) is 0 Å². The lowest BCUT2D eigenvalue weighted by molar-refractivity contribution is -0.139. The van der Waals surface area contributed by atoms with Crippen LogP contribution < -0.4 is 4.74 Å². The Labute approximate surface area is 92.2 Å². The van der Waals surface area contributed by atoms with E-state index in [2.05, 4.69) is 0 Å². The maximum Gasteiger partial charge on any atom is 0.341 e. The monoisotopic (exact) mass is 246 g/mol. The Hall–Kier alpha value is -1.60. The van der Waals surface area contributed by atoms with Crippen molar-refractivity contribution in [1.82, 2.24) is 0 Å². The fraction of sp³-hybridized carbons (Fsp3) is 0.222. The summed E-state index contributed by atoms with van der Waals surface area (Å²) in [4.78, 5) is 9.93. The number of carboxylic acid groups (broad SMARTS) is 1. The third-order valence-corrected chi connectivity index (χ3v) is 2.80. The first-order chi connectivity index (χ1) is 7.30. The van der Waals surface area contributed by atoms with Crippen molar-refractivity contribution in [3.8, 4) is 5.75 Å². The second kappa shape index (κ2) is 4.50. The third kappa shape index (κ3) is 3.21. The molecular formula is C9H10O6S. The smallest absolute Gasteiger partial charge is 0.341 e. The predicted octanol–water partition coefficient (Wildman–Crippen LogP) is 0.705. The highest BCUT2D eigenvalue weighted by atomic mass is 32.2. The zero-order chi connectivity index (χ0) is 12.3. The van der Waals surface area contributed by atoms with E-state index in [1.54, 1.807) is 0 Å². The van der Waals surface area contributed by atoms with E-state index < -0.39 is 22.7 Å². The SMILES string of the molecule is Cc1ccc(OCC(=O)O)cc1S(=O)(=O)O. The lowest BCUT2D eigenvalue weighted by Crippen LogP contribution is -2.10. The van der Waals surface area contributed by atoms with Crippen LogP contribution in [0.15, 0.2) is 23.1 Å². The molecule has 1 rings (SSSR count). The average molecular weight is 246 g/mol. The fourth-order valence-corrected chi connectivity index (χ4v) is 1.83. The Kier molecular flexibility index (Phi) is 3.51. The van der Waals surface area contributed by atoms with Crippen LogP contribution >= 0.6 is 0 Å². The topological polar surface area (TPSA) is 101 Å². The average Bonchev–Trinajstić information content (AvgIpc) is 2.14. The summed E-state index contributed by atoms with van der Waals surface area (Å²) in [5.74, 6) is -1.10. The molecule has 16 heavy (non-hydrogen) atoms. The molecule has 0 spiro atoms. The summed E-state index contributed by atoms with van der Waals surface area (Å²) in [6, 6.07) is 3.92. The molecule has 2 N–H and O–H groups in total. The number of aryl methyl sites for hydroxylation is 1. The molecule has 0 unspecified atom stereocenters. The van der Waals surface area contributed by atoms with Gasteiger partial charge < -0.3 is 9.84 Å². The van der Waals surface area contributed by atoms with E-state index >= 15 is 0 Å². The molecule has 0 heterocycles. The summed E-state index contributed by atoms with van der Waals surface area (Å²) < 4.78 is 35.5. The van der Waals surface area contributed by atoms with Gasteiger partial charge in [0.25, 0.3) is 10.1 Å². The van der Waals surface area contributed by atoms with Crippen LogP contribution in [0, 0.1) is 6.92 Å². The van der Waals surface area contributed by atoms with Crippen LogP contribution in [0.5, 0.6) is 5.75 Å². The summed E-state index contributed by atoms with van der Waals surface area (Å²) in [6.45, 7) is 0.929. The standard InChI is InChI=1S/C9H10O6S/c1-6-2-3-7(15-5-9(10)11)4-8(6)16(12,13)14/h2-4H,5H2,1H3,(H,10,11)(H,12,13,14). The fourth-order valence-electron chi connectivity index (χ4n) is 1.09. The van der Waals surface area contributed by atoms with Crippen molar-refractivity contribution in [1.29, 1.82) is 0 Å². The highest BCUT2D eigenvalue weighted by Crippen LogP contribution is 2.21. The van der Waals surface area contributed by atoms with Crippen molar-refractivity contribution in [2.75, 3.05) is 6.61 Å². The van der Waals surface area contributed by atoms with Crippen molar-refractivity contribution in [3.05, 3.63) is 23.8 Å². The van der Waals surface area contributed by atoms with Crippen molar-refractivity contribution >= 4 is 16.1 Å². The zero-order valence-corrected chi connectivity index (χ0v) is 9.19. The Morgan fingerprint density at radius 2 is 2.06 bits per heavy atom. The molecule has 7 heteroatoms. The molecule has 0 saturated carbocycles. The number of aliphatic carboxylic acids is 1. The number of carboxylic acids is 1. The number of hydrogen-bond acceptors (Lipinski definition) is 4. The zero-order valence-electron chi connectivity index (χ0n) is 8.37. The first kappa shape index (κ1) is 12.5. The molecule has 0 aliphatic carbocycles. The Morgan fingerprint density at radius 1 is 1.44 bits per heavy atom. The van der Waals surface area contributed by atoms with Crippen LogP contribution in [0.4, 0.5) is 0 Å². The van der Waals surface area contributed by atoms with Crippen LogP contribution in [-0.4, -0.2) is 30.7 Å². The van der Waals surface area contributed by atoms with Gasteiger partial charge in [-0.3, -0.25) is 4.55 Å². The molecular weight excluding hydrogens is 236 g/mol. The number of benzene rings is 1. The number of rotatable bonds is 4. The molecule has 1 aromatic rings. The minimum absolute atomic E-state index is 0.0700. The van der Waals surface area contributed by atoms with Crippen LogP contribution in [-0.2, 0) is 14.9 Å².